The van der Waals surface area contributed by atoms with Gasteiger partial charge < -0.3 is 26.4 Å². The zero-order valence-electron chi connectivity index (χ0n) is 11.5. The summed E-state index contributed by atoms with van der Waals surface area (Å²) in [7, 11) is 0. The molecular formula is C11H19N5O3S. The maximum Gasteiger partial charge on any atom is 0.404 e. The van der Waals surface area contributed by atoms with E-state index < -0.39 is 6.09 Å². The van der Waals surface area contributed by atoms with Crippen LogP contribution in [-0.4, -0.2) is 43.2 Å². The monoisotopic (exact) mass is 301 g/mol. The van der Waals surface area contributed by atoms with Crippen molar-refractivity contribution in [3.63, 3.8) is 0 Å². The molecule has 0 saturated heterocycles. The number of anilines is 2. The van der Waals surface area contributed by atoms with Gasteiger partial charge in [-0.15, -0.1) is 0 Å². The van der Waals surface area contributed by atoms with Gasteiger partial charge >= 0.3 is 6.09 Å². The number of amides is 2. The summed E-state index contributed by atoms with van der Waals surface area (Å²) in [4.78, 5) is 28.8. The Kier molecular flexibility index (Phi) is 6.04. The second-order valence-corrected chi connectivity index (χ2v) is 4.78. The van der Waals surface area contributed by atoms with E-state index >= 15 is 0 Å². The molecule has 1 aromatic rings. The minimum atomic E-state index is -0.875. The second kappa shape index (κ2) is 7.53. The van der Waals surface area contributed by atoms with E-state index in [2.05, 4.69) is 15.0 Å². The lowest BCUT2D eigenvalue weighted by atomic mass is 10.4. The molecule has 0 aliphatic carbocycles. The predicted molar refractivity (Wildman–Crippen MR) is 78.0 cm³/mol. The molecule has 0 atom stereocenters. The van der Waals surface area contributed by atoms with Gasteiger partial charge in [-0.2, -0.15) is 0 Å². The first-order valence-corrected chi connectivity index (χ1v) is 7.02. The number of hydrogen-bond acceptors (Lipinski definition) is 7. The summed E-state index contributed by atoms with van der Waals surface area (Å²) in [6, 6.07) is 0. The van der Waals surface area contributed by atoms with E-state index in [0.29, 0.717) is 10.0 Å². The normalized spacial score (nSPS) is 10.1. The zero-order valence-corrected chi connectivity index (χ0v) is 12.3. The molecule has 0 unspecified atom stereocenters. The summed E-state index contributed by atoms with van der Waals surface area (Å²) >= 11 is 1.23. The van der Waals surface area contributed by atoms with Crippen LogP contribution in [0.5, 0.6) is 0 Å². The van der Waals surface area contributed by atoms with Gasteiger partial charge in [-0.05, 0) is 13.8 Å². The Morgan fingerprint density at radius 3 is 2.60 bits per heavy atom. The topological polar surface area (TPSA) is 124 Å². The molecule has 0 spiro atoms. The van der Waals surface area contributed by atoms with Crippen molar-refractivity contribution in [1.29, 1.82) is 0 Å². The Labute approximate surface area is 121 Å². The van der Waals surface area contributed by atoms with Gasteiger partial charge in [0.25, 0.3) is 5.91 Å². The van der Waals surface area contributed by atoms with Crippen LogP contribution in [0.25, 0.3) is 0 Å². The lowest BCUT2D eigenvalue weighted by Gasteiger charge is -2.16. The van der Waals surface area contributed by atoms with Crippen LogP contribution < -0.4 is 21.7 Å². The minimum Gasteiger partial charge on any atom is -0.448 e. The summed E-state index contributed by atoms with van der Waals surface area (Å²) in [6.45, 7) is 5.76. The summed E-state index contributed by atoms with van der Waals surface area (Å²) in [5.41, 5.74) is 10.6. The Balaban J connectivity index is 2.62. The largest absolute Gasteiger partial charge is 0.448 e. The number of aromatic nitrogens is 1. The Morgan fingerprint density at radius 2 is 2.05 bits per heavy atom. The van der Waals surface area contributed by atoms with Crippen molar-refractivity contribution in [2.45, 2.75) is 13.8 Å². The van der Waals surface area contributed by atoms with Crippen LogP contribution >= 0.6 is 11.3 Å². The van der Waals surface area contributed by atoms with E-state index in [4.69, 9.17) is 11.5 Å². The number of hydrogen-bond donors (Lipinski definition) is 3. The number of nitrogens with two attached hydrogens (primary N) is 2. The highest BCUT2D eigenvalue weighted by Gasteiger charge is 2.18. The number of rotatable bonds is 7. The molecule has 1 rings (SSSR count). The number of carbonyl (C=O) groups is 2. The second-order valence-electron chi connectivity index (χ2n) is 3.81. The van der Waals surface area contributed by atoms with Crippen LogP contribution in [0.1, 0.15) is 23.5 Å². The Bertz CT molecular complexity index is 473. The number of nitrogens with zero attached hydrogens (tertiary/aromatic N) is 2. The van der Waals surface area contributed by atoms with E-state index in [1.165, 1.54) is 11.3 Å². The first-order valence-electron chi connectivity index (χ1n) is 6.21. The molecular weight excluding hydrogens is 282 g/mol. The SMILES string of the molecule is CCN(CC)c1nc(N)c(C(=O)NCCOC(N)=O)s1. The van der Waals surface area contributed by atoms with Gasteiger partial charge in [0.1, 0.15) is 17.3 Å². The van der Waals surface area contributed by atoms with Gasteiger partial charge in [0.05, 0.1) is 6.54 Å². The minimum absolute atomic E-state index is 0.0166. The maximum absolute atomic E-state index is 11.9. The third-order valence-electron chi connectivity index (χ3n) is 2.51. The van der Waals surface area contributed by atoms with Crippen LogP contribution in [0, 0.1) is 0 Å². The van der Waals surface area contributed by atoms with Gasteiger partial charge in [0, 0.05) is 13.1 Å². The van der Waals surface area contributed by atoms with Gasteiger partial charge in [0.15, 0.2) is 5.13 Å². The van der Waals surface area contributed by atoms with Crippen LogP contribution in [0.2, 0.25) is 0 Å². The number of primary amides is 1. The molecule has 2 amide bonds. The highest BCUT2D eigenvalue weighted by atomic mass is 32.1. The number of nitrogens with one attached hydrogen (secondary N) is 1. The van der Waals surface area contributed by atoms with Gasteiger partial charge in [-0.1, -0.05) is 11.3 Å². The Morgan fingerprint density at radius 1 is 1.40 bits per heavy atom. The van der Waals surface area contributed by atoms with Crippen molar-refractivity contribution >= 4 is 34.3 Å². The average Bonchev–Trinajstić information content (AvgIpc) is 2.78. The predicted octanol–water partition coefficient (Wildman–Crippen LogP) is 0.397. The van der Waals surface area contributed by atoms with Crippen LogP contribution in [0.4, 0.5) is 15.7 Å². The van der Waals surface area contributed by atoms with E-state index in [1.807, 2.05) is 18.7 Å². The third kappa shape index (κ3) is 4.26. The lowest BCUT2D eigenvalue weighted by Crippen LogP contribution is -2.28. The van der Waals surface area contributed by atoms with Gasteiger partial charge in [0.2, 0.25) is 0 Å². The molecule has 0 fully saturated rings. The van der Waals surface area contributed by atoms with Gasteiger partial charge in [-0.3, -0.25) is 4.79 Å². The fourth-order valence-corrected chi connectivity index (χ4v) is 2.54. The summed E-state index contributed by atoms with van der Waals surface area (Å²) in [6.07, 6.45) is -0.875. The van der Waals surface area contributed by atoms with E-state index in [0.717, 1.165) is 13.1 Å². The fraction of sp³-hybridized carbons (Fsp3) is 0.545. The molecule has 9 heteroatoms. The van der Waals surface area contributed by atoms with Crippen LogP contribution in [0.3, 0.4) is 0 Å². The van der Waals surface area contributed by atoms with E-state index in [-0.39, 0.29) is 24.9 Å². The van der Waals surface area contributed by atoms with Crippen LogP contribution in [0.15, 0.2) is 0 Å². The molecule has 1 heterocycles. The first-order chi connectivity index (χ1) is 9.49. The molecule has 0 saturated carbocycles. The molecule has 20 heavy (non-hydrogen) atoms. The summed E-state index contributed by atoms with van der Waals surface area (Å²) < 4.78 is 4.51. The molecule has 0 radical (unpaired) electrons. The number of nitrogen functional groups attached to an aromatic ring is 1. The molecule has 1 aromatic heterocycles. The lowest BCUT2D eigenvalue weighted by molar-refractivity contribution is 0.0941. The summed E-state index contributed by atoms with van der Waals surface area (Å²) in [5, 5.41) is 3.30. The average molecular weight is 301 g/mol. The van der Waals surface area contributed by atoms with Crippen LogP contribution in [-0.2, 0) is 4.74 Å². The van der Waals surface area contributed by atoms with Gasteiger partial charge in [-0.25, -0.2) is 9.78 Å². The quantitative estimate of drug-likeness (QED) is 0.626. The number of thiazole rings is 1. The maximum atomic E-state index is 11.9. The molecule has 5 N–H and O–H groups in total. The smallest absolute Gasteiger partial charge is 0.404 e. The summed E-state index contributed by atoms with van der Waals surface area (Å²) in [5.74, 6) is -0.142. The molecule has 8 nitrogen and oxygen atoms in total. The zero-order chi connectivity index (χ0) is 15.1. The molecule has 0 bridgehead atoms. The first kappa shape index (κ1) is 16.0. The van der Waals surface area contributed by atoms with Crippen molar-refractivity contribution in [1.82, 2.24) is 10.3 Å². The molecule has 0 aliphatic rings. The van der Waals surface area contributed by atoms with E-state index in [9.17, 15) is 9.59 Å². The van der Waals surface area contributed by atoms with E-state index in [1.54, 1.807) is 0 Å². The third-order valence-corrected chi connectivity index (χ3v) is 3.64. The molecule has 0 aliphatic heterocycles. The van der Waals surface area contributed by atoms with Crippen molar-refractivity contribution in [2.75, 3.05) is 36.9 Å². The number of carbonyl (C=O) groups excluding carboxylic acids is 2. The van der Waals surface area contributed by atoms with Crippen molar-refractivity contribution in [3.8, 4) is 0 Å². The Hall–Kier alpha value is -2.03. The van der Waals surface area contributed by atoms with Crippen molar-refractivity contribution in [2.24, 2.45) is 5.73 Å². The molecule has 0 aromatic carbocycles. The van der Waals surface area contributed by atoms with Crippen molar-refractivity contribution in [3.05, 3.63) is 4.88 Å². The molecule has 112 valence electrons. The van der Waals surface area contributed by atoms with Crippen molar-refractivity contribution < 1.29 is 14.3 Å². The highest BCUT2D eigenvalue weighted by Crippen LogP contribution is 2.27. The fourth-order valence-electron chi connectivity index (χ4n) is 1.51. The number of ether oxygens (including phenoxy) is 1. The highest BCUT2D eigenvalue weighted by molar-refractivity contribution is 7.18. The standard InChI is InChI=1S/C11H19N5O3S/c1-3-16(4-2)11-15-8(12)7(20-11)9(17)14-5-6-19-10(13)18/h3-6,12H2,1-2H3,(H2,13,18)(H,14,17).